The molecule has 0 amide bonds. The second-order valence-corrected chi connectivity index (χ2v) is 12.5. The zero-order valence-electron chi connectivity index (χ0n) is 17.7. The Hall–Kier alpha value is -0.0800. The number of hydrogen-bond acceptors (Lipinski definition) is 4. The SMILES string of the molecule is CC#C[C@]1(O)CC[C@H]2[C@@H]3CCC4=C[C@H](O)CC[C@]4(CSSCC)[C@H]3CC[C@@]21C. The lowest BCUT2D eigenvalue weighted by Crippen LogP contribution is -2.55. The van der Waals surface area contributed by atoms with Crippen molar-refractivity contribution in [2.45, 2.75) is 83.8 Å². The maximum Gasteiger partial charge on any atom is 0.131 e. The number of rotatable bonds is 4. The molecule has 0 aromatic carbocycles. The maximum absolute atomic E-state index is 11.4. The highest BCUT2D eigenvalue weighted by Crippen LogP contribution is 2.68. The van der Waals surface area contributed by atoms with Crippen LogP contribution in [0.25, 0.3) is 0 Å². The van der Waals surface area contributed by atoms with Crippen molar-refractivity contribution in [1.29, 1.82) is 0 Å². The van der Waals surface area contributed by atoms with Gasteiger partial charge in [-0.25, -0.2) is 0 Å². The molecule has 0 aromatic heterocycles. The Morgan fingerprint density at radius 3 is 2.64 bits per heavy atom. The highest BCUT2D eigenvalue weighted by atomic mass is 33.1. The molecule has 0 aromatic rings. The minimum atomic E-state index is -0.795. The molecule has 0 heterocycles. The molecule has 0 bridgehead atoms. The molecule has 2 N–H and O–H groups in total. The smallest absolute Gasteiger partial charge is 0.131 e. The Morgan fingerprint density at radius 2 is 1.89 bits per heavy atom. The largest absolute Gasteiger partial charge is 0.389 e. The van der Waals surface area contributed by atoms with Gasteiger partial charge in [0.2, 0.25) is 0 Å². The van der Waals surface area contributed by atoms with Gasteiger partial charge in [-0.15, -0.1) is 5.92 Å². The molecule has 4 rings (SSSR count). The van der Waals surface area contributed by atoms with Crippen molar-refractivity contribution in [1.82, 2.24) is 0 Å². The van der Waals surface area contributed by atoms with Crippen LogP contribution < -0.4 is 0 Å². The monoisotopic (exact) mass is 420 g/mol. The Balaban J connectivity index is 1.67. The first-order valence-corrected chi connectivity index (χ1v) is 13.7. The Bertz CT molecular complexity index is 694. The number of fused-ring (bicyclic) bond motifs is 5. The number of aliphatic hydroxyl groups excluding tert-OH is 1. The topological polar surface area (TPSA) is 40.5 Å². The van der Waals surface area contributed by atoms with Crippen LogP contribution in [-0.2, 0) is 0 Å². The first-order chi connectivity index (χ1) is 13.4. The van der Waals surface area contributed by atoms with Crippen molar-refractivity contribution in [2.75, 3.05) is 11.5 Å². The first kappa shape index (κ1) is 21.2. The van der Waals surface area contributed by atoms with Gasteiger partial charge in [-0.1, -0.05) is 53.0 Å². The molecule has 4 aliphatic carbocycles. The van der Waals surface area contributed by atoms with Crippen LogP contribution in [0.4, 0.5) is 0 Å². The van der Waals surface area contributed by atoms with E-state index in [2.05, 4.69) is 31.8 Å². The van der Waals surface area contributed by atoms with Gasteiger partial charge < -0.3 is 10.2 Å². The molecule has 0 unspecified atom stereocenters. The summed E-state index contributed by atoms with van der Waals surface area (Å²) in [5.74, 6) is 10.6. The van der Waals surface area contributed by atoms with E-state index in [0.29, 0.717) is 17.8 Å². The fourth-order valence-corrected chi connectivity index (χ4v) is 9.82. The van der Waals surface area contributed by atoms with Crippen LogP contribution in [0.15, 0.2) is 11.6 Å². The molecule has 28 heavy (non-hydrogen) atoms. The van der Waals surface area contributed by atoms with Gasteiger partial charge in [-0.05, 0) is 76.0 Å². The quantitative estimate of drug-likeness (QED) is 0.275. The average molecular weight is 421 g/mol. The Labute approximate surface area is 179 Å². The molecule has 0 saturated heterocycles. The summed E-state index contributed by atoms with van der Waals surface area (Å²) in [5.41, 5.74) is 0.977. The zero-order valence-corrected chi connectivity index (χ0v) is 19.3. The summed E-state index contributed by atoms with van der Waals surface area (Å²) in [6.45, 7) is 6.43. The van der Waals surface area contributed by atoms with Crippen molar-refractivity contribution in [2.24, 2.45) is 28.6 Å². The van der Waals surface area contributed by atoms with Gasteiger partial charge in [-0.3, -0.25) is 0 Å². The van der Waals surface area contributed by atoms with E-state index in [-0.39, 0.29) is 16.9 Å². The van der Waals surface area contributed by atoms with Crippen LogP contribution in [0, 0.1) is 40.4 Å². The van der Waals surface area contributed by atoms with Crippen LogP contribution in [0.1, 0.15) is 72.1 Å². The summed E-state index contributed by atoms with van der Waals surface area (Å²) in [6, 6.07) is 0. The fourth-order valence-electron chi connectivity index (χ4n) is 7.43. The molecule has 0 radical (unpaired) electrons. The number of aliphatic hydroxyl groups is 2. The van der Waals surface area contributed by atoms with Crippen molar-refractivity contribution in [3.05, 3.63) is 11.6 Å². The van der Waals surface area contributed by atoms with E-state index in [1.807, 2.05) is 28.5 Å². The van der Waals surface area contributed by atoms with Gasteiger partial charge in [0, 0.05) is 22.3 Å². The molecular weight excluding hydrogens is 384 g/mol. The zero-order chi connectivity index (χ0) is 20.0. The third-order valence-electron chi connectivity index (χ3n) is 8.81. The van der Waals surface area contributed by atoms with E-state index in [1.54, 1.807) is 5.57 Å². The van der Waals surface area contributed by atoms with Crippen molar-refractivity contribution in [3.63, 3.8) is 0 Å². The predicted molar refractivity (Wildman–Crippen MR) is 121 cm³/mol. The van der Waals surface area contributed by atoms with Crippen molar-refractivity contribution >= 4 is 21.6 Å². The molecule has 4 heteroatoms. The van der Waals surface area contributed by atoms with Gasteiger partial charge >= 0.3 is 0 Å². The van der Waals surface area contributed by atoms with Crippen LogP contribution in [0.3, 0.4) is 0 Å². The molecule has 4 aliphatic rings. The van der Waals surface area contributed by atoms with E-state index in [9.17, 15) is 10.2 Å². The molecular formula is C24H36O2S2. The van der Waals surface area contributed by atoms with E-state index in [1.165, 1.54) is 18.6 Å². The Morgan fingerprint density at radius 1 is 1.11 bits per heavy atom. The third kappa shape index (κ3) is 3.11. The van der Waals surface area contributed by atoms with Crippen LogP contribution in [-0.4, -0.2) is 33.4 Å². The number of hydrogen-bond donors (Lipinski definition) is 2. The summed E-state index contributed by atoms with van der Waals surface area (Å²) in [5, 5.41) is 21.7. The van der Waals surface area contributed by atoms with E-state index in [0.717, 1.165) is 44.3 Å². The standard InChI is InChI=1S/C24H36O2S2/c1-4-11-24(26)14-10-20-19-7-6-17-15-18(25)8-13-23(17,16-28-27-5-2)21(19)9-12-22(20,24)3/h15,18-21,25-26H,5-10,12-14,16H2,1-3H3/t18-,19+,20+,21+,22+,23-,24+/m1/s1. The lowest BCUT2D eigenvalue weighted by atomic mass is 9.46. The van der Waals surface area contributed by atoms with E-state index < -0.39 is 5.60 Å². The summed E-state index contributed by atoms with van der Waals surface area (Å²) in [7, 11) is 4.03. The predicted octanol–water partition coefficient (Wildman–Crippen LogP) is 5.45. The van der Waals surface area contributed by atoms with E-state index >= 15 is 0 Å². The molecule has 0 aliphatic heterocycles. The minimum Gasteiger partial charge on any atom is -0.389 e. The summed E-state index contributed by atoms with van der Waals surface area (Å²) < 4.78 is 0. The molecule has 2 nitrogen and oxygen atoms in total. The normalized spacial score (nSPS) is 47.2. The van der Waals surface area contributed by atoms with Crippen LogP contribution in [0.2, 0.25) is 0 Å². The summed E-state index contributed by atoms with van der Waals surface area (Å²) in [6.07, 6.45) is 10.7. The lowest BCUT2D eigenvalue weighted by Gasteiger charge is -2.59. The van der Waals surface area contributed by atoms with Gasteiger partial charge in [0.05, 0.1) is 6.10 Å². The maximum atomic E-state index is 11.4. The highest BCUT2D eigenvalue weighted by molar-refractivity contribution is 8.76. The van der Waals surface area contributed by atoms with Crippen LogP contribution >= 0.6 is 21.6 Å². The van der Waals surface area contributed by atoms with Gasteiger partial charge in [-0.2, -0.15) is 0 Å². The second kappa shape index (κ2) is 7.88. The molecule has 0 spiro atoms. The second-order valence-electron chi connectivity index (χ2n) is 9.77. The van der Waals surface area contributed by atoms with Crippen LogP contribution in [0.5, 0.6) is 0 Å². The first-order valence-electron chi connectivity index (χ1n) is 11.2. The highest BCUT2D eigenvalue weighted by Gasteiger charge is 2.64. The Kier molecular flexibility index (Phi) is 5.95. The van der Waals surface area contributed by atoms with Gasteiger partial charge in [0.15, 0.2) is 0 Å². The molecule has 7 atom stereocenters. The third-order valence-corrected chi connectivity index (χ3v) is 11.4. The molecule has 3 saturated carbocycles. The van der Waals surface area contributed by atoms with Gasteiger partial charge in [0.25, 0.3) is 0 Å². The number of allylic oxidation sites excluding steroid dienone is 1. The molecule has 3 fully saturated rings. The summed E-state index contributed by atoms with van der Waals surface area (Å²) >= 11 is 0. The van der Waals surface area contributed by atoms with Gasteiger partial charge in [0.1, 0.15) is 5.60 Å². The minimum absolute atomic E-state index is 0.0565. The van der Waals surface area contributed by atoms with Crippen molar-refractivity contribution in [3.8, 4) is 11.8 Å². The van der Waals surface area contributed by atoms with Crippen molar-refractivity contribution < 1.29 is 10.2 Å². The lowest BCUT2D eigenvalue weighted by molar-refractivity contribution is -0.100. The molecule has 156 valence electrons. The van der Waals surface area contributed by atoms with E-state index in [4.69, 9.17) is 0 Å². The summed E-state index contributed by atoms with van der Waals surface area (Å²) in [4.78, 5) is 0. The average Bonchev–Trinajstić information content (AvgIpc) is 2.93. The fraction of sp³-hybridized carbons (Fsp3) is 0.833.